The highest BCUT2D eigenvalue weighted by Gasteiger charge is 2.32. The van der Waals surface area contributed by atoms with Crippen molar-refractivity contribution in [3.05, 3.63) is 57.5 Å². The summed E-state index contributed by atoms with van der Waals surface area (Å²) in [7, 11) is 0. The van der Waals surface area contributed by atoms with Gasteiger partial charge < -0.3 is 10.4 Å². The molecular weight excluding hydrogens is 363 g/mol. The van der Waals surface area contributed by atoms with Gasteiger partial charge in [0.1, 0.15) is 11.6 Å². The van der Waals surface area contributed by atoms with Gasteiger partial charge in [-0.2, -0.15) is 0 Å². The summed E-state index contributed by atoms with van der Waals surface area (Å²) in [5.74, 6) is -1.04. The molecule has 2 N–H and O–H groups in total. The molecule has 4 rings (SSSR count). The van der Waals surface area contributed by atoms with Crippen LogP contribution in [-0.2, 0) is 13.1 Å². The number of aromatic hydroxyl groups is 1. The van der Waals surface area contributed by atoms with Crippen LogP contribution in [0.2, 0.25) is 0 Å². The van der Waals surface area contributed by atoms with E-state index in [1.807, 2.05) is 0 Å². The van der Waals surface area contributed by atoms with Crippen LogP contribution in [-0.4, -0.2) is 38.6 Å². The van der Waals surface area contributed by atoms with Crippen LogP contribution in [0.1, 0.15) is 53.6 Å². The van der Waals surface area contributed by atoms with E-state index in [2.05, 4.69) is 15.2 Å². The average molecular weight is 386 g/mol. The van der Waals surface area contributed by atoms with E-state index < -0.39 is 17.2 Å². The highest BCUT2D eigenvalue weighted by Crippen LogP contribution is 2.32. The molecule has 0 saturated carbocycles. The van der Waals surface area contributed by atoms with Gasteiger partial charge in [0.15, 0.2) is 5.69 Å². The SMILES string of the molecule is O=C(NCc1ccc(F)cc1)c1nc2n(c(=O)c1O)CCCC2N1CCCC1. The molecule has 0 bridgehead atoms. The maximum Gasteiger partial charge on any atom is 0.296 e. The molecule has 2 aliphatic heterocycles. The van der Waals surface area contributed by atoms with E-state index in [1.165, 1.54) is 16.7 Å². The molecule has 0 aliphatic carbocycles. The van der Waals surface area contributed by atoms with Gasteiger partial charge in [-0.1, -0.05) is 12.1 Å². The molecule has 1 amide bonds. The van der Waals surface area contributed by atoms with Crippen molar-refractivity contribution < 1.29 is 14.3 Å². The first-order chi connectivity index (χ1) is 13.5. The molecule has 1 aromatic carbocycles. The quantitative estimate of drug-likeness (QED) is 0.839. The molecule has 8 heteroatoms. The van der Waals surface area contributed by atoms with Crippen LogP contribution in [0, 0.1) is 5.82 Å². The van der Waals surface area contributed by atoms with Gasteiger partial charge in [-0.25, -0.2) is 9.37 Å². The molecule has 1 unspecified atom stereocenters. The molecule has 28 heavy (non-hydrogen) atoms. The van der Waals surface area contributed by atoms with E-state index in [9.17, 15) is 19.1 Å². The Balaban J connectivity index is 1.60. The molecule has 1 atom stereocenters. The van der Waals surface area contributed by atoms with E-state index in [-0.39, 0.29) is 24.1 Å². The van der Waals surface area contributed by atoms with Gasteiger partial charge in [-0.3, -0.25) is 19.1 Å². The average Bonchev–Trinajstić information content (AvgIpc) is 3.24. The first-order valence-electron chi connectivity index (χ1n) is 9.65. The Bertz CT molecular complexity index is 936. The minimum absolute atomic E-state index is 0.00630. The predicted octanol–water partition coefficient (Wildman–Crippen LogP) is 1.95. The maximum absolute atomic E-state index is 13.0. The number of nitrogens with one attached hydrogen (secondary N) is 1. The van der Waals surface area contributed by atoms with Crippen molar-refractivity contribution >= 4 is 5.91 Å². The Kier molecular flexibility index (Phi) is 5.13. The number of carbonyl (C=O) groups is 1. The Hall–Kier alpha value is -2.74. The molecule has 1 aromatic heterocycles. The molecule has 2 aliphatic rings. The zero-order chi connectivity index (χ0) is 19.7. The van der Waals surface area contributed by atoms with Gasteiger partial charge in [0.05, 0.1) is 6.04 Å². The lowest BCUT2D eigenvalue weighted by Crippen LogP contribution is -2.39. The van der Waals surface area contributed by atoms with E-state index in [0.717, 1.165) is 38.8 Å². The third-order valence-corrected chi connectivity index (χ3v) is 5.50. The van der Waals surface area contributed by atoms with Crippen LogP contribution in [0.15, 0.2) is 29.1 Å². The van der Waals surface area contributed by atoms with Crippen LogP contribution in [0.5, 0.6) is 5.75 Å². The monoisotopic (exact) mass is 386 g/mol. The zero-order valence-electron chi connectivity index (χ0n) is 15.5. The van der Waals surface area contributed by atoms with Crippen molar-refractivity contribution in [1.82, 2.24) is 19.8 Å². The number of rotatable bonds is 4. The third-order valence-electron chi connectivity index (χ3n) is 5.50. The lowest BCUT2D eigenvalue weighted by molar-refractivity contribution is 0.0939. The Morgan fingerprint density at radius 1 is 1.18 bits per heavy atom. The largest absolute Gasteiger partial charge is 0.501 e. The molecule has 3 heterocycles. The van der Waals surface area contributed by atoms with Crippen molar-refractivity contribution in [2.75, 3.05) is 13.1 Å². The Morgan fingerprint density at radius 3 is 2.61 bits per heavy atom. The Labute approximate surface area is 161 Å². The van der Waals surface area contributed by atoms with Crippen LogP contribution in [0.3, 0.4) is 0 Å². The smallest absolute Gasteiger partial charge is 0.296 e. The summed E-state index contributed by atoms with van der Waals surface area (Å²) in [6.45, 7) is 2.55. The van der Waals surface area contributed by atoms with Crippen LogP contribution >= 0.6 is 0 Å². The summed E-state index contributed by atoms with van der Waals surface area (Å²) < 4.78 is 14.5. The summed E-state index contributed by atoms with van der Waals surface area (Å²) in [6.07, 6.45) is 3.95. The second-order valence-corrected chi connectivity index (χ2v) is 7.33. The van der Waals surface area contributed by atoms with Crippen LogP contribution in [0.4, 0.5) is 4.39 Å². The predicted molar refractivity (Wildman–Crippen MR) is 101 cm³/mol. The molecule has 7 nitrogen and oxygen atoms in total. The first-order valence-corrected chi connectivity index (χ1v) is 9.65. The number of amides is 1. The van der Waals surface area contributed by atoms with Gasteiger partial charge in [-0.05, 0) is 56.5 Å². The van der Waals surface area contributed by atoms with Crippen LogP contribution in [0.25, 0.3) is 0 Å². The number of hydrogen-bond acceptors (Lipinski definition) is 5. The minimum Gasteiger partial charge on any atom is -0.501 e. The number of carbonyl (C=O) groups excluding carboxylic acids is 1. The van der Waals surface area contributed by atoms with E-state index in [4.69, 9.17) is 0 Å². The molecule has 148 valence electrons. The number of hydrogen-bond donors (Lipinski definition) is 2. The molecular formula is C20H23FN4O3. The molecule has 0 spiro atoms. The fourth-order valence-electron chi connectivity index (χ4n) is 4.03. The number of fused-ring (bicyclic) bond motifs is 1. The standard InChI is InChI=1S/C20H23FN4O3/c21-14-7-5-13(6-8-14)12-22-19(27)16-17(26)20(28)25-11-3-4-15(18(25)23-16)24-9-1-2-10-24/h5-8,15,26H,1-4,9-12H2,(H,22,27). The minimum atomic E-state index is -0.623. The van der Waals surface area contributed by atoms with Gasteiger partial charge >= 0.3 is 0 Å². The van der Waals surface area contributed by atoms with Gasteiger partial charge in [-0.15, -0.1) is 0 Å². The zero-order valence-corrected chi connectivity index (χ0v) is 15.5. The van der Waals surface area contributed by atoms with E-state index in [0.29, 0.717) is 17.9 Å². The molecule has 2 aromatic rings. The number of nitrogens with zero attached hydrogens (tertiary/aromatic N) is 3. The van der Waals surface area contributed by atoms with Crippen molar-refractivity contribution in [2.45, 2.75) is 44.8 Å². The van der Waals surface area contributed by atoms with E-state index >= 15 is 0 Å². The van der Waals surface area contributed by atoms with E-state index in [1.54, 1.807) is 12.1 Å². The summed E-state index contributed by atoms with van der Waals surface area (Å²) >= 11 is 0. The lowest BCUT2D eigenvalue weighted by Gasteiger charge is -2.32. The van der Waals surface area contributed by atoms with Gasteiger partial charge in [0.25, 0.3) is 11.5 Å². The Morgan fingerprint density at radius 2 is 1.89 bits per heavy atom. The van der Waals surface area contributed by atoms with Crippen molar-refractivity contribution in [1.29, 1.82) is 0 Å². The molecule has 1 fully saturated rings. The first kappa shape index (κ1) is 18.6. The lowest BCUT2D eigenvalue weighted by atomic mass is 10.0. The third kappa shape index (κ3) is 3.52. The van der Waals surface area contributed by atoms with Crippen molar-refractivity contribution in [2.24, 2.45) is 0 Å². The highest BCUT2D eigenvalue weighted by atomic mass is 19.1. The maximum atomic E-state index is 13.0. The summed E-state index contributed by atoms with van der Waals surface area (Å²) in [5, 5.41) is 12.9. The summed E-state index contributed by atoms with van der Waals surface area (Å²) in [4.78, 5) is 32.0. The molecule has 1 saturated heterocycles. The van der Waals surface area contributed by atoms with Crippen molar-refractivity contribution in [3.63, 3.8) is 0 Å². The van der Waals surface area contributed by atoms with Crippen LogP contribution < -0.4 is 10.9 Å². The fraction of sp³-hybridized carbons (Fsp3) is 0.450. The molecule has 0 radical (unpaired) electrons. The number of aromatic nitrogens is 2. The highest BCUT2D eigenvalue weighted by molar-refractivity contribution is 5.94. The number of halogens is 1. The summed E-state index contributed by atoms with van der Waals surface area (Å²) in [5.41, 5.74) is -0.107. The van der Waals surface area contributed by atoms with Crippen molar-refractivity contribution in [3.8, 4) is 5.75 Å². The fourth-order valence-corrected chi connectivity index (χ4v) is 4.03. The summed E-state index contributed by atoms with van der Waals surface area (Å²) in [6, 6.07) is 5.74. The normalized spacial score (nSPS) is 19.4. The second-order valence-electron chi connectivity index (χ2n) is 7.33. The topological polar surface area (TPSA) is 87.5 Å². The van der Waals surface area contributed by atoms with Gasteiger partial charge in [0, 0.05) is 13.1 Å². The number of likely N-dealkylation sites (tertiary alicyclic amines) is 1. The second kappa shape index (κ2) is 7.71. The number of benzene rings is 1. The van der Waals surface area contributed by atoms with Gasteiger partial charge in [0.2, 0.25) is 5.75 Å².